The maximum absolute atomic E-state index is 12.4. The van der Waals surface area contributed by atoms with E-state index in [1.165, 1.54) is 0 Å². The van der Waals surface area contributed by atoms with Crippen LogP contribution in [0.5, 0.6) is 0 Å². The maximum atomic E-state index is 12.4. The molecular formula is C19H27N3O3S3. The summed E-state index contributed by atoms with van der Waals surface area (Å²) in [6.07, 6.45) is 4.07. The zero-order valence-corrected chi connectivity index (χ0v) is 19.1. The highest BCUT2D eigenvalue weighted by atomic mass is 32.2. The van der Waals surface area contributed by atoms with Crippen LogP contribution in [0.15, 0.2) is 22.5 Å². The Balaban J connectivity index is 2.01. The number of thioether (sulfide) groups is 2. The number of amides is 2. The van der Waals surface area contributed by atoms with Gasteiger partial charge in [0.1, 0.15) is 6.04 Å². The first-order valence-corrected chi connectivity index (χ1v) is 12.2. The molecule has 0 aliphatic carbocycles. The Bertz CT molecular complexity index is 795. The Morgan fingerprint density at radius 3 is 2.86 bits per heavy atom. The van der Waals surface area contributed by atoms with Crippen molar-refractivity contribution in [2.75, 3.05) is 30.2 Å². The number of carbonyl (C=O) groups is 2. The van der Waals surface area contributed by atoms with Gasteiger partial charge in [-0.1, -0.05) is 11.8 Å². The molecule has 1 atom stereocenters. The molecule has 28 heavy (non-hydrogen) atoms. The summed E-state index contributed by atoms with van der Waals surface area (Å²) in [6.45, 7) is 4.15. The lowest BCUT2D eigenvalue weighted by Gasteiger charge is -2.21. The van der Waals surface area contributed by atoms with Crippen LogP contribution in [0.4, 0.5) is 5.69 Å². The third kappa shape index (κ3) is 6.95. The quantitative estimate of drug-likeness (QED) is 0.383. The minimum Gasteiger partial charge on any atom is -0.379 e. The second-order valence-corrected chi connectivity index (χ2v) is 10.2. The number of hydrogen-bond acceptors (Lipinski definition) is 7. The summed E-state index contributed by atoms with van der Waals surface area (Å²) in [5.41, 5.74) is 1.49. The minimum absolute atomic E-state index is 0.135. The lowest BCUT2D eigenvalue weighted by atomic mass is 10.1. The molecule has 0 radical (unpaired) electrons. The first-order chi connectivity index (χ1) is 13.4. The highest BCUT2D eigenvalue weighted by Gasteiger charge is 2.18. The molecule has 2 amide bonds. The third-order valence-electron chi connectivity index (χ3n) is 4.31. The molecule has 0 saturated carbocycles. The fourth-order valence-corrected chi connectivity index (χ4v) is 5.26. The molecule has 6 nitrogen and oxygen atoms in total. The molecule has 1 aromatic heterocycles. The summed E-state index contributed by atoms with van der Waals surface area (Å²) in [4.78, 5) is 27.9. The van der Waals surface area contributed by atoms with Crippen LogP contribution in [-0.2, 0) is 14.3 Å². The van der Waals surface area contributed by atoms with E-state index in [2.05, 4.69) is 29.5 Å². The predicted octanol–water partition coefficient (Wildman–Crippen LogP) is 4.01. The largest absolute Gasteiger partial charge is 0.379 e. The third-order valence-corrected chi connectivity index (χ3v) is 7.12. The standard InChI is InChI=1S/C19H27N3O3S3/c1-19(2,25-3)8-10-27-18-22-14-6-5-13(11-16(14)28-18)21-17(24)15(20-12-23)7-9-26-4/h5-6,11-12,15H,7-10H2,1-4H3,(H,20,23)(H,21,24). The first-order valence-electron chi connectivity index (χ1n) is 8.96. The smallest absolute Gasteiger partial charge is 0.246 e. The Hall–Kier alpha value is -1.29. The van der Waals surface area contributed by atoms with E-state index in [1.807, 2.05) is 24.5 Å². The van der Waals surface area contributed by atoms with Crippen LogP contribution in [0.3, 0.4) is 0 Å². The molecule has 0 fully saturated rings. The number of aromatic nitrogens is 1. The molecule has 0 spiro atoms. The van der Waals surface area contributed by atoms with Crippen molar-refractivity contribution in [1.82, 2.24) is 10.3 Å². The molecule has 9 heteroatoms. The number of rotatable bonds is 12. The molecule has 1 heterocycles. The topological polar surface area (TPSA) is 80.3 Å². The normalized spacial score (nSPS) is 12.7. The number of ether oxygens (including phenoxy) is 1. The van der Waals surface area contributed by atoms with Gasteiger partial charge in [0.05, 0.1) is 15.8 Å². The number of nitrogens with one attached hydrogen (secondary N) is 2. The maximum Gasteiger partial charge on any atom is 0.246 e. The Kier molecular flexibility index (Phi) is 9.07. The van der Waals surface area contributed by atoms with E-state index >= 15 is 0 Å². The highest BCUT2D eigenvalue weighted by Crippen LogP contribution is 2.32. The van der Waals surface area contributed by atoms with Gasteiger partial charge in [0.2, 0.25) is 12.3 Å². The van der Waals surface area contributed by atoms with Crippen LogP contribution in [0.25, 0.3) is 10.2 Å². The molecule has 1 unspecified atom stereocenters. The van der Waals surface area contributed by atoms with Crippen LogP contribution in [-0.4, -0.2) is 53.8 Å². The van der Waals surface area contributed by atoms with E-state index in [-0.39, 0.29) is 11.5 Å². The van der Waals surface area contributed by atoms with E-state index in [0.717, 1.165) is 32.5 Å². The zero-order chi connectivity index (χ0) is 20.6. The Labute approximate surface area is 178 Å². The predicted molar refractivity (Wildman–Crippen MR) is 121 cm³/mol. The van der Waals surface area contributed by atoms with Gasteiger partial charge < -0.3 is 15.4 Å². The summed E-state index contributed by atoms with van der Waals surface area (Å²) in [5.74, 6) is 1.52. The molecule has 2 N–H and O–H groups in total. The number of thiazole rings is 1. The van der Waals surface area contributed by atoms with Crippen molar-refractivity contribution in [3.63, 3.8) is 0 Å². The summed E-state index contributed by atoms with van der Waals surface area (Å²) >= 11 is 4.97. The van der Waals surface area contributed by atoms with E-state index in [0.29, 0.717) is 18.5 Å². The van der Waals surface area contributed by atoms with Crippen molar-refractivity contribution in [3.05, 3.63) is 18.2 Å². The van der Waals surface area contributed by atoms with Gasteiger partial charge >= 0.3 is 0 Å². The van der Waals surface area contributed by atoms with E-state index < -0.39 is 6.04 Å². The van der Waals surface area contributed by atoms with Crippen molar-refractivity contribution < 1.29 is 14.3 Å². The van der Waals surface area contributed by atoms with E-state index in [1.54, 1.807) is 42.0 Å². The SMILES string of the molecule is COC(C)(C)CCSc1nc2ccc(NC(=O)C(CCSC)NC=O)cc2s1. The van der Waals surface area contributed by atoms with Crippen LogP contribution in [0.1, 0.15) is 26.7 Å². The molecule has 2 aromatic rings. The summed E-state index contributed by atoms with van der Waals surface area (Å²) < 4.78 is 7.48. The van der Waals surface area contributed by atoms with Crippen LogP contribution >= 0.6 is 34.9 Å². The molecular weight excluding hydrogens is 414 g/mol. The lowest BCUT2D eigenvalue weighted by molar-refractivity contribution is -0.121. The minimum atomic E-state index is -0.530. The molecule has 0 bridgehead atoms. The second kappa shape index (κ2) is 11.0. The molecule has 154 valence electrons. The van der Waals surface area contributed by atoms with Gasteiger partial charge in [0.25, 0.3) is 0 Å². The van der Waals surface area contributed by atoms with Crippen molar-refractivity contribution in [2.45, 2.75) is 42.7 Å². The number of methoxy groups -OCH3 is 1. The summed E-state index contributed by atoms with van der Waals surface area (Å²) in [5, 5.41) is 5.48. The number of fused-ring (bicyclic) bond motifs is 1. The molecule has 0 aliphatic rings. The van der Waals surface area contributed by atoms with Gasteiger partial charge in [-0.2, -0.15) is 11.8 Å². The summed E-state index contributed by atoms with van der Waals surface area (Å²) in [7, 11) is 1.73. The molecule has 0 aliphatic heterocycles. The van der Waals surface area contributed by atoms with Crippen molar-refractivity contribution in [1.29, 1.82) is 0 Å². The van der Waals surface area contributed by atoms with Crippen molar-refractivity contribution >= 4 is 63.1 Å². The van der Waals surface area contributed by atoms with E-state index in [9.17, 15) is 9.59 Å². The molecule has 1 aromatic carbocycles. The van der Waals surface area contributed by atoms with Gasteiger partial charge in [0, 0.05) is 18.6 Å². The Morgan fingerprint density at radius 1 is 1.39 bits per heavy atom. The average molecular weight is 442 g/mol. The van der Waals surface area contributed by atoms with Crippen LogP contribution in [0.2, 0.25) is 0 Å². The number of benzene rings is 1. The average Bonchev–Trinajstić information content (AvgIpc) is 3.06. The molecule has 2 rings (SSSR count). The Morgan fingerprint density at radius 2 is 2.18 bits per heavy atom. The van der Waals surface area contributed by atoms with Crippen molar-refractivity contribution in [2.24, 2.45) is 0 Å². The van der Waals surface area contributed by atoms with Crippen LogP contribution in [0, 0.1) is 0 Å². The van der Waals surface area contributed by atoms with Crippen molar-refractivity contribution in [3.8, 4) is 0 Å². The summed E-state index contributed by atoms with van der Waals surface area (Å²) in [6, 6.07) is 5.15. The van der Waals surface area contributed by atoms with Gasteiger partial charge in [-0.15, -0.1) is 11.3 Å². The van der Waals surface area contributed by atoms with Crippen LogP contribution < -0.4 is 10.6 Å². The zero-order valence-electron chi connectivity index (χ0n) is 16.6. The molecule has 0 saturated heterocycles. The monoisotopic (exact) mass is 441 g/mol. The fraction of sp³-hybridized carbons (Fsp3) is 0.526. The number of anilines is 1. The van der Waals surface area contributed by atoms with Gasteiger partial charge in [-0.25, -0.2) is 4.98 Å². The first kappa shape index (κ1) is 23.0. The fourth-order valence-electron chi connectivity index (χ4n) is 2.37. The van der Waals surface area contributed by atoms with E-state index in [4.69, 9.17) is 4.74 Å². The number of hydrogen-bond donors (Lipinski definition) is 2. The van der Waals surface area contributed by atoms with Gasteiger partial charge in [0.15, 0.2) is 4.34 Å². The number of nitrogens with zero attached hydrogens (tertiary/aromatic N) is 1. The highest BCUT2D eigenvalue weighted by molar-refractivity contribution is 8.01. The lowest BCUT2D eigenvalue weighted by Crippen LogP contribution is -2.40. The van der Waals surface area contributed by atoms with Gasteiger partial charge in [-0.3, -0.25) is 9.59 Å². The van der Waals surface area contributed by atoms with Gasteiger partial charge in [-0.05, 0) is 56.9 Å². The number of carbonyl (C=O) groups excluding carboxylic acids is 2. The second-order valence-electron chi connectivity index (χ2n) is 6.83.